The van der Waals surface area contributed by atoms with E-state index < -0.39 is 0 Å². The van der Waals surface area contributed by atoms with Gasteiger partial charge in [-0.3, -0.25) is 0 Å². The lowest BCUT2D eigenvalue weighted by Gasteiger charge is -2.15. The Bertz CT molecular complexity index is 1780. The van der Waals surface area contributed by atoms with Gasteiger partial charge in [0.15, 0.2) is 12.0 Å². The van der Waals surface area contributed by atoms with E-state index in [0.717, 1.165) is 56.1 Å². The monoisotopic (exact) mass is 465 g/mol. The molecule has 0 aliphatic carbocycles. The van der Waals surface area contributed by atoms with Crippen LogP contribution in [0.25, 0.3) is 56.1 Å². The highest BCUT2D eigenvalue weighted by Crippen LogP contribution is 2.34. The second-order valence-electron chi connectivity index (χ2n) is 8.63. The Labute approximate surface area is 207 Å². The number of benzene rings is 4. The van der Waals surface area contributed by atoms with Crippen LogP contribution in [0, 0.1) is 0 Å². The summed E-state index contributed by atoms with van der Waals surface area (Å²) in [5.74, 6) is 0.826. The number of para-hydroxylation sites is 1. The highest BCUT2D eigenvalue weighted by atomic mass is 16.3. The van der Waals surface area contributed by atoms with E-state index in [2.05, 4.69) is 82.3 Å². The first kappa shape index (κ1) is 20.4. The topological polar surface area (TPSA) is 47.2 Å². The molecule has 5 nitrogen and oxygen atoms in total. The summed E-state index contributed by atoms with van der Waals surface area (Å²) >= 11 is 0. The highest BCUT2D eigenvalue weighted by molar-refractivity contribution is 5.84. The molecule has 36 heavy (non-hydrogen) atoms. The first-order chi connectivity index (χ1) is 17.9. The SMILES string of the molecule is c1ccc(-c2cccc(-c3ccccc3)c2-[n+]2c(-c3ccc4ocnc4c3)nn3ccccc32)cc1. The van der Waals surface area contributed by atoms with Gasteiger partial charge in [-0.2, -0.15) is 4.57 Å². The van der Waals surface area contributed by atoms with Gasteiger partial charge >= 0.3 is 5.82 Å². The number of nitrogens with zero attached hydrogens (tertiary/aromatic N) is 4. The second kappa shape index (κ2) is 8.32. The van der Waals surface area contributed by atoms with Gasteiger partial charge in [0, 0.05) is 17.2 Å². The van der Waals surface area contributed by atoms with Gasteiger partial charge in [0.25, 0.3) is 5.65 Å². The number of aromatic nitrogens is 4. The third kappa shape index (κ3) is 3.29. The Kier molecular flexibility index (Phi) is 4.71. The molecule has 4 aromatic carbocycles. The smallest absolute Gasteiger partial charge is 0.314 e. The standard InChI is InChI=1S/C31H21N4O/c1-3-10-22(11-4-1)25-14-9-15-26(23-12-5-2-6-13-23)30(25)35-29-16-7-8-19-34(29)33-31(35)24-17-18-28-27(20-24)32-21-36-28/h1-21H/q+1. The average molecular weight is 466 g/mol. The van der Waals surface area contributed by atoms with Crippen LogP contribution in [-0.4, -0.2) is 14.6 Å². The molecular weight excluding hydrogens is 444 g/mol. The van der Waals surface area contributed by atoms with Crippen molar-refractivity contribution in [1.82, 2.24) is 14.6 Å². The molecule has 5 heteroatoms. The molecule has 3 heterocycles. The van der Waals surface area contributed by atoms with E-state index in [9.17, 15) is 0 Å². The summed E-state index contributed by atoms with van der Waals surface area (Å²) in [6.45, 7) is 0. The van der Waals surface area contributed by atoms with Crippen molar-refractivity contribution < 1.29 is 8.98 Å². The minimum absolute atomic E-state index is 0.753. The van der Waals surface area contributed by atoms with Crippen molar-refractivity contribution in [2.24, 2.45) is 0 Å². The van der Waals surface area contributed by atoms with Crippen LogP contribution in [-0.2, 0) is 0 Å². The Hall–Kier alpha value is -5.03. The van der Waals surface area contributed by atoms with Crippen molar-refractivity contribution in [1.29, 1.82) is 0 Å². The van der Waals surface area contributed by atoms with Crippen molar-refractivity contribution in [3.05, 3.63) is 128 Å². The van der Waals surface area contributed by atoms with Gasteiger partial charge in [-0.25, -0.2) is 4.98 Å². The van der Waals surface area contributed by atoms with Gasteiger partial charge < -0.3 is 4.42 Å². The highest BCUT2D eigenvalue weighted by Gasteiger charge is 2.28. The van der Waals surface area contributed by atoms with E-state index in [1.54, 1.807) is 0 Å². The third-order valence-electron chi connectivity index (χ3n) is 6.48. The molecule has 0 saturated carbocycles. The number of fused-ring (bicyclic) bond motifs is 2. The van der Waals surface area contributed by atoms with Crippen LogP contribution in [0.5, 0.6) is 0 Å². The van der Waals surface area contributed by atoms with E-state index >= 15 is 0 Å². The van der Waals surface area contributed by atoms with Crippen LogP contribution >= 0.6 is 0 Å². The minimum atomic E-state index is 0.753. The Balaban J connectivity index is 1.61. The summed E-state index contributed by atoms with van der Waals surface area (Å²) in [7, 11) is 0. The van der Waals surface area contributed by atoms with Gasteiger partial charge in [-0.15, -0.1) is 0 Å². The molecule has 0 spiro atoms. The van der Waals surface area contributed by atoms with E-state index in [-0.39, 0.29) is 0 Å². The Morgan fingerprint density at radius 3 is 2.06 bits per heavy atom. The van der Waals surface area contributed by atoms with Gasteiger partial charge in [0.2, 0.25) is 0 Å². The van der Waals surface area contributed by atoms with Crippen LogP contribution in [0.2, 0.25) is 0 Å². The van der Waals surface area contributed by atoms with Gasteiger partial charge in [0.05, 0.1) is 10.7 Å². The van der Waals surface area contributed by atoms with Crippen molar-refractivity contribution in [3.8, 4) is 39.3 Å². The molecule has 0 amide bonds. The summed E-state index contributed by atoms with van der Waals surface area (Å²) in [5.41, 5.74) is 9.10. The van der Waals surface area contributed by atoms with Crippen molar-refractivity contribution in [3.63, 3.8) is 0 Å². The van der Waals surface area contributed by atoms with E-state index in [1.807, 2.05) is 53.2 Å². The van der Waals surface area contributed by atoms with Crippen LogP contribution in [0.3, 0.4) is 0 Å². The van der Waals surface area contributed by atoms with E-state index in [4.69, 9.17) is 9.52 Å². The fourth-order valence-electron chi connectivity index (χ4n) is 4.83. The van der Waals surface area contributed by atoms with E-state index in [1.165, 1.54) is 6.39 Å². The molecule has 170 valence electrons. The fraction of sp³-hybridized carbons (Fsp3) is 0. The predicted octanol–water partition coefficient (Wildman–Crippen LogP) is 6.75. The van der Waals surface area contributed by atoms with Crippen LogP contribution in [0.15, 0.2) is 132 Å². The molecule has 0 fully saturated rings. The molecule has 0 aliphatic heterocycles. The summed E-state index contributed by atoms with van der Waals surface area (Å²) in [5, 5.41) is 5.04. The van der Waals surface area contributed by atoms with E-state index in [0.29, 0.717) is 0 Å². The summed E-state index contributed by atoms with van der Waals surface area (Å²) in [6.07, 6.45) is 3.46. The molecule has 0 atom stereocenters. The van der Waals surface area contributed by atoms with Crippen LogP contribution in [0.1, 0.15) is 0 Å². The largest absolute Gasteiger partial charge is 0.443 e. The number of oxazole rings is 1. The predicted molar refractivity (Wildman–Crippen MR) is 141 cm³/mol. The maximum Gasteiger partial charge on any atom is 0.314 e. The quantitative estimate of drug-likeness (QED) is 0.270. The Morgan fingerprint density at radius 2 is 1.33 bits per heavy atom. The van der Waals surface area contributed by atoms with Crippen molar-refractivity contribution >= 4 is 16.7 Å². The van der Waals surface area contributed by atoms with Crippen LogP contribution in [0.4, 0.5) is 0 Å². The molecular formula is C31H21N4O+. The summed E-state index contributed by atoms with van der Waals surface area (Å²) in [6, 6.07) is 39.7. The van der Waals surface area contributed by atoms with Crippen LogP contribution < -0.4 is 4.57 Å². The molecule has 0 bridgehead atoms. The molecule has 0 N–H and O–H groups in total. The summed E-state index contributed by atoms with van der Waals surface area (Å²) < 4.78 is 9.68. The number of pyridine rings is 1. The number of hydrogen-bond acceptors (Lipinski definition) is 3. The number of rotatable bonds is 4. The minimum Gasteiger partial charge on any atom is -0.443 e. The van der Waals surface area contributed by atoms with Crippen molar-refractivity contribution in [2.75, 3.05) is 0 Å². The zero-order valence-electron chi connectivity index (χ0n) is 19.3. The zero-order chi connectivity index (χ0) is 23.9. The molecule has 7 rings (SSSR count). The normalized spacial score (nSPS) is 11.3. The lowest BCUT2D eigenvalue weighted by Crippen LogP contribution is -2.34. The van der Waals surface area contributed by atoms with Gasteiger partial charge in [0.1, 0.15) is 17.4 Å². The molecule has 0 saturated heterocycles. The zero-order valence-corrected chi connectivity index (χ0v) is 19.3. The first-order valence-corrected chi connectivity index (χ1v) is 11.8. The maximum absolute atomic E-state index is 5.49. The molecule has 3 aromatic heterocycles. The molecule has 0 aliphatic rings. The lowest BCUT2D eigenvalue weighted by molar-refractivity contribution is -0.555. The summed E-state index contributed by atoms with van der Waals surface area (Å²) in [4.78, 5) is 4.38. The number of hydrogen-bond donors (Lipinski definition) is 0. The molecule has 0 radical (unpaired) electrons. The molecule has 7 aromatic rings. The van der Waals surface area contributed by atoms with Gasteiger partial charge in [-0.1, -0.05) is 89.4 Å². The van der Waals surface area contributed by atoms with Crippen molar-refractivity contribution in [2.45, 2.75) is 0 Å². The maximum atomic E-state index is 5.49. The van der Waals surface area contributed by atoms with Gasteiger partial charge in [-0.05, 0) is 35.4 Å². The molecule has 0 unspecified atom stereocenters. The second-order valence-corrected chi connectivity index (χ2v) is 8.63. The fourth-order valence-corrected chi connectivity index (χ4v) is 4.83. The Morgan fingerprint density at radius 1 is 0.639 bits per heavy atom. The average Bonchev–Trinajstić information content (AvgIpc) is 3.58. The third-order valence-corrected chi connectivity index (χ3v) is 6.48. The first-order valence-electron chi connectivity index (χ1n) is 11.8. The lowest BCUT2D eigenvalue weighted by atomic mass is 9.95.